The fourth-order valence-corrected chi connectivity index (χ4v) is 4.56. The number of fused-ring (bicyclic) bond motifs is 1. The Morgan fingerprint density at radius 2 is 1.66 bits per heavy atom. The Kier molecular flexibility index (Phi) is 6.06. The van der Waals surface area contributed by atoms with Gasteiger partial charge in [0.1, 0.15) is 17.6 Å². The molecule has 7 nitrogen and oxygen atoms in total. The number of carbonyl (C=O) groups excluding carboxylic acids is 2. The molecule has 0 bridgehead atoms. The first-order chi connectivity index (χ1) is 17.1. The number of nitrogens with one attached hydrogen (secondary N) is 2. The summed E-state index contributed by atoms with van der Waals surface area (Å²) in [5, 5.41) is 10.7. The van der Waals surface area contributed by atoms with Gasteiger partial charge in [-0.3, -0.25) is 9.59 Å². The van der Waals surface area contributed by atoms with E-state index in [1.165, 1.54) is 0 Å². The van der Waals surface area contributed by atoms with E-state index in [1.807, 2.05) is 74.5 Å². The van der Waals surface area contributed by atoms with E-state index in [1.54, 1.807) is 28.9 Å². The normalized spacial score (nSPS) is 16.8. The van der Waals surface area contributed by atoms with Crippen LogP contribution in [0.3, 0.4) is 0 Å². The number of ether oxygens (including phenoxy) is 1. The molecule has 0 radical (unpaired) electrons. The van der Waals surface area contributed by atoms with E-state index in [9.17, 15) is 9.59 Å². The summed E-state index contributed by atoms with van der Waals surface area (Å²) in [6, 6.07) is 25.4. The van der Waals surface area contributed by atoms with Crippen molar-refractivity contribution in [2.45, 2.75) is 25.8 Å². The van der Waals surface area contributed by atoms with Crippen molar-refractivity contribution in [1.29, 1.82) is 0 Å². The van der Waals surface area contributed by atoms with Gasteiger partial charge in [0.25, 0.3) is 5.91 Å². The Hall–Kier alpha value is -4.39. The molecule has 7 heteroatoms. The second kappa shape index (κ2) is 9.46. The van der Waals surface area contributed by atoms with Crippen molar-refractivity contribution in [3.05, 3.63) is 107 Å². The highest BCUT2D eigenvalue weighted by Gasteiger charge is 2.41. The van der Waals surface area contributed by atoms with E-state index in [4.69, 9.17) is 9.84 Å². The molecule has 35 heavy (non-hydrogen) atoms. The SMILES string of the molecule is CCOc1ccc(C2c3c(C)nn(-c4ccccc4)c3NC(=O)C2NC(=O)c2ccccc2)cc1. The van der Waals surface area contributed by atoms with E-state index in [2.05, 4.69) is 10.6 Å². The van der Waals surface area contributed by atoms with Gasteiger partial charge in [-0.15, -0.1) is 0 Å². The Bertz CT molecular complexity index is 1350. The number of carbonyl (C=O) groups is 2. The molecule has 2 amide bonds. The number of para-hydroxylation sites is 1. The molecule has 1 aromatic heterocycles. The van der Waals surface area contributed by atoms with Gasteiger partial charge < -0.3 is 15.4 Å². The van der Waals surface area contributed by atoms with E-state index >= 15 is 0 Å². The zero-order chi connectivity index (χ0) is 24.4. The van der Waals surface area contributed by atoms with Gasteiger partial charge >= 0.3 is 0 Å². The van der Waals surface area contributed by atoms with Gasteiger partial charge in [0.05, 0.1) is 18.0 Å². The molecule has 4 aromatic rings. The summed E-state index contributed by atoms with van der Waals surface area (Å²) in [7, 11) is 0. The fraction of sp³-hybridized carbons (Fsp3) is 0.179. The highest BCUT2D eigenvalue weighted by atomic mass is 16.5. The number of nitrogens with zero attached hydrogens (tertiary/aromatic N) is 2. The van der Waals surface area contributed by atoms with Crippen molar-refractivity contribution in [3.8, 4) is 11.4 Å². The number of benzene rings is 3. The van der Waals surface area contributed by atoms with Crippen LogP contribution >= 0.6 is 0 Å². The maximum Gasteiger partial charge on any atom is 0.251 e. The van der Waals surface area contributed by atoms with E-state index in [0.717, 1.165) is 28.3 Å². The maximum absolute atomic E-state index is 13.5. The Labute approximate surface area is 203 Å². The summed E-state index contributed by atoms with van der Waals surface area (Å²) in [5.41, 5.74) is 3.87. The minimum absolute atomic E-state index is 0.294. The molecule has 1 aliphatic heterocycles. The van der Waals surface area contributed by atoms with Crippen LogP contribution in [0.1, 0.15) is 40.0 Å². The topological polar surface area (TPSA) is 85.2 Å². The predicted octanol–water partition coefficient (Wildman–Crippen LogP) is 4.46. The standard InChI is InChI=1S/C28H26N4O3/c1-3-35-22-16-14-19(15-17-22)24-23-18(2)31-32(21-12-8-5-9-13-21)26(23)30-28(34)25(24)29-27(33)20-10-6-4-7-11-20/h4-17,24-25H,3H2,1-2H3,(H,29,33)(H,30,34). The number of rotatable bonds is 6. The highest BCUT2D eigenvalue weighted by molar-refractivity contribution is 6.04. The van der Waals surface area contributed by atoms with Gasteiger partial charge in [-0.2, -0.15) is 5.10 Å². The summed E-state index contributed by atoms with van der Waals surface area (Å²) in [6.45, 7) is 4.42. The fourth-order valence-electron chi connectivity index (χ4n) is 4.56. The molecular weight excluding hydrogens is 440 g/mol. The molecule has 0 saturated carbocycles. The van der Waals surface area contributed by atoms with Gasteiger partial charge in [0.15, 0.2) is 0 Å². The lowest BCUT2D eigenvalue weighted by molar-refractivity contribution is -0.118. The molecule has 2 heterocycles. The lowest BCUT2D eigenvalue weighted by Gasteiger charge is -2.33. The van der Waals surface area contributed by atoms with Crippen LogP contribution in [-0.2, 0) is 4.79 Å². The number of hydrogen-bond acceptors (Lipinski definition) is 4. The third-order valence-corrected chi connectivity index (χ3v) is 6.15. The third-order valence-electron chi connectivity index (χ3n) is 6.15. The minimum Gasteiger partial charge on any atom is -0.494 e. The number of hydrogen-bond donors (Lipinski definition) is 2. The van der Waals surface area contributed by atoms with Crippen LogP contribution < -0.4 is 15.4 Å². The van der Waals surface area contributed by atoms with Gasteiger partial charge in [0.2, 0.25) is 5.91 Å². The molecule has 0 spiro atoms. The first-order valence-corrected chi connectivity index (χ1v) is 11.6. The zero-order valence-electron chi connectivity index (χ0n) is 19.6. The molecule has 0 fully saturated rings. The summed E-state index contributed by atoms with van der Waals surface area (Å²) in [4.78, 5) is 26.5. The quantitative estimate of drug-likeness (QED) is 0.439. The van der Waals surface area contributed by atoms with Gasteiger partial charge in [-0.1, -0.05) is 48.5 Å². The molecule has 0 saturated heterocycles. The second-order valence-corrected chi connectivity index (χ2v) is 8.38. The van der Waals surface area contributed by atoms with Crippen LogP contribution in [0.4, 0.5) is 5.82 Å². The molecular formula is C28H26N4O3. The molecule has 2 unspecified atom stereocenters. The maximum atomic E-state index is 13.5. The van der Waals surface area contributed by atoms with Crippen LogP contribution in [0, 0.1) is 6.92 Å². The van der Waals surface area contributed by atoms with Crippen LogP contribution in [0.5, 0.6) is 5.75 Å². The first kappa shape index (κ1) is 22.4. The summed E-state index contributed by atoms with van der Waals surface area (Å²) in [5.74, 6) is 0.330. The molecule has 5 rings (SSSR count). The molecule has 0 aliphatic carbocycles. The summed E-state index contributed by atoms with van der Waals surface area (Å²) in [6.07, 6.45) is 0. The molecule has 1 aliphatic rings. The average Bonchev–Trinajstić information content (AvgIpc) is 3.22. The van der Waals surface area contributed by atoms with Crippen molar-refractivity contribution >= 4 is 17.6 Å². The summed E-state index contributed by atoms with van der Waals surface area (Å²) >= 11 is 0. The van der Waals surface area contributed by atoms with E-state index in [-0.39, 0.29) is 11.8 Å². The Balaban J connectivity index is 1.61. The van der Waals surface area contributed by atoms with Crippen LogP contribution in [0.2, 0.25) is 0 Å². The zero-order valence-corrected chi connectivity index (χ0v) is 19.6. The van der Waals surface area contributed by atoms with Crippen molar-refractivity contribution < 1.29 is 14.3 Å². The highest BCUT2D eigenvalue weighted by Crippen LogP contribution is 2.41. The van der Waals surface area contributed by atoms with Crippen molar-refractivity contribution in [2.75, 3.05) is 11.9 Å². The third kappa shape index (κ3) is 4.28. The van der Waals surface area contributed by atoms with Crippen molar-refractivity contribution in [3.63, 3.8) is 0 Å². The van der Waals surface area contributed by atoms with E-state index in [0.29, 0.717) is 18.0 Å². The first-order valence-electron chi connectivity index (χ1n) is 11.6. The van der Waals surface area contributed by atoms with Crippen LogP contribution in [0.15, 0.2) is 84.9 Å². The van der Waals surface area contributed by atoms with E-state index < -0.39 is 12.0 Å². The van der Waals surface area contributed by atoms with Gasteiger partial charge in [-0.05, 0) is 55.8 Å². The molecule has 3 aromatic carbocycles. The number of aryl methyl sites for hydroxylation is 1. The molecule has 2 atom stereocenters. The monoisotopic (exact) mass is 466 g/mol. The lowest BCUT2D eigenvalue weighted by atomic mass is 9.81. The number of anilines is 1. The smallest absolute Gasteiger partial charge is 0.251 e. The van der Waals surface area contributed by atoms with Crippen molar-refractivity contribution in [2.24, 2.45) is 0 Å². The lowest BCUT2D eigenvalue weighted by Crippen LogP contribution is -2.50. The Morgan fingerprint density at radius 3 is 2.31 bits per heavy atom. The Morgan fingerprint density at radius 1 is 1.00 bits per heavy atom. The average molecular weight is 467 g/mol. The van der Waals surface area contributed by atoms with Crippen LogP contribution in [0.25, 0.3) is 5.69 Å². The van der Waals surface area contributed by atoms with Gasteiger partial charge in [-0.25, -0.2) is 4.68 Å². The molecule has 176 valence electrons. The number of aromatic nitrogens is 2. The molecule has 2 N–H and O–H groups in total. The van der Waals surface area contributed by atoms with Crippen LogP contribution in [-0.4, -0.2) is 34.2 Å². The largest absolute Gasteiger partial charge is 0.494 e. The predicted molar refractivity (Wildman–Crippen MR) is 134 cm³/mol. The van der Waals surface area contributed by atoms with Crippen molar-refractivity contribution in [1.82, 2.24) is 15.1 Å². The number of amides is 2. The minimum atomic E-state index is -0.819. The second-order valence-electron chi connectivity index (χ2n) is 8.38. The van der Waals surface area contributed by atoms with Gasteiger partial charge in [0, 0.05) is 17.0 Å². The summed E-state index contributed by atoms with van der Waals surface area (Å²) < 4.78 is 7.36.